The Bertz CT molecular complexity index is 759. The number of carbonyl (C=O) groups is 2. The van der Waals surface area contributed by atoms with E-state index in [1.165, 1.54) is 17.8 Å². The number of carbonyl (C=O) groups excluding carboxylic acids is 2. The van der Waals surface area contributed by atoms with Gasteiger partial charge in [-0.1, -0.05) is 48.2 Å². The van der Waals surface area contributed by atoms with Gasteiger partial charge in [0.05, 0.1) is 5.92 Å². The molecule has 0 saturated heterocycles. The molecule has 1 heterocycles. The summed E-state index contributed by atoms with van der Waals surface area (Å²) in [5, 5.41) is 7.46. The minimum Gasteiger partial charge on any atom is -0.353 e. The number of para-hydroxylation sites is 1. The fourth-order valence-corrected chi connectivity index (χ4v) is 3.30. The lowest BCUT2D eigenvalue weighted by molar-refractivity contribution is -0.118. The van der Waals surface area contributed by atoms with Crippen LogP contribution >= 0.6 is 11.8 Å². The van der Waals surface area contributed by atoms with E-state index in [0.29, 0.717) is 13.0 Å². The van der Waals surface area contributed by atoms with Crippen LogP contribution in [0, 0.1) is 0 Å². The SMILES string of the molecule is O=C(C=CSc1ccccc1)NCCC1C(=O)Nc2ccccc21. The third-order valence-corrected chi connectivity index (χ3v) is 4.63. The summed E-state index contributed by atoms with van der Waals surface area (Å²) in [7, 11) is 0. The molecule has 2 N–H and O–H groups in total. The van der Waals surface area contributed by atoms with Crippen LogP contribution in [0.4, 0.5) is 5.69 Å². The van der Waals surface area contributed by atoms with Crippen molar-refractivity contribution in [2.24, 2.45) is 0 Å². The fraction of sp³-hybridized carbons (Fsp3) is 0.158. The molecule has 24 heavy (non-hydrogen) atoms. The molecule has 0 bridgehead atoms. The molecule has 0 aromatic heterocycles. The highest BCUT2D eigenvalue weighted by molar-refractivity contribution is 8.02. The van der Waals surface area contributed by atoms with E-state index in [1.807, 2.05) is 54.6 Å². The zero-order valence-corrected chi connectivity index (χ0v) is 13.9. The van der Waals surface area contributed by atoms with E-state index in [4.69, 9.17) is 0 Å². The van der Waals surface area contributed by atoms with Gasteiger partial charge in [-0.15, -0.1) is 0 Å². The number of nitrogens with one attached hydrogen (secondary N) is 2. The first kappa shape index (κ1) is 16.3. The smallest absolute Gasteiger partial charge is 0.244 e. The second kappa shape index (κ2) is 7.84. The number of rotatable bonds is 6. The predicted octanol–water partition coefficient (Wildman–Crippen LogP) is 3.53. The highest BCUT2D eigenvalue weighted by Crippen LogP contribution is 2.33. The average Bonchev–Trinajstić information content (AvgIpc) is 2.92. The molecule has 0 radical (unpaired) electrons. The van der Waals surface area contributed by atoms with Gasteiger partial charge in [-0.05, 0) is 35.6 Å². The number of hydrogen-bond donors (Lipinski definition) is 2. The van der Waals surface area contributed by atoms with Crippen molar-refractivity contribution in [3.8, 4) is 0 Å². The first-order valence-corrected chi connectivity index (χ1v) is 8.68. The maximum absolute atomic E-state index is 12.0. The summed E-state index contributed by atoms with van der Waals surface area (Å²) < 4.78 is 0. The van der Waals surface area contributed by atoms with Gasteiger partial charge in [-0.25, -0.2) is 0 Å². The minimum atomic E-state index is -0.191. The molecule has 0 spiro atoms. The molecule has 3 rings (SSSR count). The van der Waals surface area contributed by atoms with E-state index in [-0.39, 0.29) is 17.7 Å². The van der Waals surface area contributed by atoms with Gasteiger partial charge in [0.15, 0.2) is 0 Å². The normalized spacial score (nSPS) is 16.0. The van der Waals surface area contributed by atoms with Gasteiger partial charge >= 0.3 is 0 Å². The van der Waals surface area contributed by atoms with Gasteiger partial charge in [-0.3, -0.25) is 9.59 Å². The largest absolute Gasteiger partial charge is 0.353 e. The first-order valence-electron chi connectivity index (χ1n) is 7.80. The fourth-order valence-electron chi connectivity index (χ4n) is 2.63. The molecule has 4 nitrogen and oxygen atoms in total. The second-order valence-corrected chi connectivity index (χ2v) is 6.42. The zero-order valence-electron chi connectivity index (χ0n) is 13.1. The van der Waals surface area contributed by atoms with E-state index in [0.717, 1.165) is 16.1 Å². The molecule has 2 aromatic carbocycles. The molecule has 0 saturated carbocycles. The topological polar surface area (TPSA) is 58.2 Å². The monoisotopic (exact) mass is 338 g/mol. The summed E-state index contributed by atoms with van der Waals surface area (Å²) in [5.74, 6) is -0.338. The van der Waals surface area contributed by atoms with Crippen molar-refractivity contribution in [2.75, 3.05) is 11.9 Å². The van der Waals surface area contributed by atoms with Crippen LogP contribution in [-0.2, 0) is 9.59 Å². The molecule has 1 atom stereocenters. The van der Waals surface area contributed by atoms with Crippen LogP contribution in [0.2, 0.25) is 0 Å². The molecular formula is C19H18N2O2S. The third-order valence-electron chi connectivity index (χ3n) is 3.81. The molecule has 2 aromatic rings. The van der Waals surface area contributed by atoms with Crippen LogP contribution in [0.5, 0.6) is 0 Å². The van der Waals surface area contributed by atoms with Gasteiger partial charge in [0.1, 0.15) is 0 Å². The maximum atomic E-state index is 12.0. The second-order valence-electron chi connectivity index (χ2n) is 5.44. The molecule has 0 aliphatic carbocycles. The number of hydrogen-bond acceptors (Lipinski definition) is 3. The first-order chi connectivity index (χ1) is 11.7. The lowest BCUT2D eigenvalue weighted by atomic mass is 9.97. The third kappa shape index (κ3) is 4.06. The Kier molecular flexibility index (Phi) is 5.33. The van der Waals surface area contributed by atoms with Crippen molar-refractivity contribution in [1.82, 2.24) is 5.32 Å². The Hall–Kier alpha value is -2.53. The summed E-state index contributed by atoms with van der Waals surface area (Å²) in [6, 6.07) is 17.5. The Balaban J connectivity index is 1.45. The lowest BCUT2D eigenvalue weighted by Gasteiger charge is -2.08. The maximum Gasteiger partial charge on any atom is 0.244 e. The van der Waals surface area contributed by atoms with Crippen molar-refractivity contribution >= 4 is 29.3 Å². The van der Waals surface area contributed by atoms with Crippen LogP contribution in [0.3, 0.4) is 0 Å². The van der Waals surface area contributed by atoms with Gasteiger partial charge in [-0.2, -0.15) is 0 Å². The zero-order chi connectivity index (χ0) is 16.8. The number of amides is 2. The number of benzene rings is 2. The summed E-state index contributed by atoms with van der Waals surface area (Å²) in [6.07, 6.45) is 2.11. The number of thioether (sulfide) groups is 1. The lowest BCUT2D eigenvalue weighted by Crippen LogP contribution is -2.25. The van der Waals surface area contributed by atoms with E-state index >= 15 is 0 Å². The van der Waals surface area contributed by atoms with Crippen LogP contribution in [0.25, 0.3) is 0 Å². The van der Waals surface area contributed by atoms with Crippen LogP contribution in [-0.4, -0.2) is 18.4 Å². The quantitative estimate of drug-likeness (QED) is 0.626. The van der Waals surface area contributed by atoms with Gasteiger partial charge < -0.3 is 10.6 Å². The Morgan fingerprint density at radius 3 is 2.71 bits per heavy atom. The number of anilines is 1. The minimum absolute atomic E-state index is 0.000578. The molecule has 1 aliphatic heterocycles. The highest BCUT2D eigenvalue weighted by atomic mass is 32.2. The molecular weight excluding hydrogens is 320 g/mol. The van der Waals surface area contributed by atoms with Crippen molar-refractivity contribution in [2.45, 2.75) is 17.2 Å². The predicted molar refractivity (Wildman–Crippen MR) is 96.9 cm³/mol. The van der Waals surface area contributed by atoms with Crippen molar-refractivity contribution in [3.05, 3.63) is 71.6 Å². The van der Waals surface area contributed by atoms with Crippen LogP contribution in [0.1, 0.15) is 17.9 Å². The standard InChI is InChI=1S/C19H18N2O2S/c22-18(11-13-24-14-6-2-1-3-7-14)20-12-10-16-15-8-4-5-9-17(15)21-19(16)23/h1-9,11,13,16H,10,12H2,(H,20,22)(H,21,23). The molecule has 0 fully saturated rings. The molecule has 2 amide bonds. The molecule has 1 aliphatic rings. The number of fused-ring (bicyclic) bond motifs is 1. The summed E-state index contributed by atoms with van der Waals surface area (Å²) in [6.45, 7) is 0.464. The molecule has 1 unspecified atom stereocenters. The van der Waals surface area contributed by atoms with Crippen LogP contribution < -0.4 is 10.6 Å². The summed E-state index contributed by atoms with van der Waals surface area (Å²) in [4.78, 5) is 24.9. The molecule has 122 valence electrons. The van der Waals surface area contributed by atoms with E-state index < -0.39 is 0 Å². The van der Waals surface area contributed by atoms with Crippen molar-refractivity contribution in [1.29, 1.82) is 0 Å². The van der Waals surface area contributed by atoms with Crippen molar-refractivity contribution < 1.29 is 9.59 Å². The Labute approximate surface area is 145 Å². The Morgan fingerprint density at radius 1 is 1.12 bits per heavy atom. The van der Waals surface area contributed by atoms with E-state index in [1.54, 1.807) is 5.41 Å². The van der Waals surface area contributed by atoms with Gasteiger partial charge in [0, 0.05) is 23.2 Å². The highest BCUT2D eigenvalue weighted by Gasteiger charge is 2.29. The van der Waals surface area contributed by atoms with Gasteiger partial charge in [0.2, 0.25) is 11.8 Å². The van der Waals surface area contributed by atoms with E-state index in [9.17, 15) is 9.59 Å². The Morgan fingerprint density at radius 2 is 1.88 bits per heavy atom. The van der Waals surface area contributed by atoms with E-state index in [2.05, 4.69) is 10.6 Å². The summed E-state index contributed by atoms with van der Waals surface area (Å²) >= 11 is 1.49. The average molecular weight is 338 g/mol. The van der Waals surface area contributed by atoms with Gasteiger partial charge in [0.25, 0.3) is 0 Å². The summed E-state index contributed by atoms with van der Waals surface area (Å²) in [5.41, 5.74) is 1.88. The molecule has 5 heteroatoms. The van der Waals surface area contributed by atoms with Crippen LogP contribution in [0.15, 0.2) is 71.0 Å². The van der Waals surface area contributed by atoms with Crippen molar-refractivity contribution in [3.63, 3.8) is 0 Å².